The normalized spacial score (nSPS) is 18.0. The quantitative estimate of drug-likeness (QED) is 0.887. The number of pyridine rings is 1. The fourth-order valence-corrected chi connectivity index (χ4v) is 2.95. The smallest absolute Gasteiger partial charge is 0.317 e. The summed E-state index contributed by atoms with van der Waals surface area (Å²) >= 11 is 5.87. The van der Waals surface area contributed by atoms with E-state index in [0.29, 0.717) is 5.02 Å². The van der Waals surface area contributed by atoms with E-state index in [2.05, 4.69) is 10.3 Å². The van der Waals surface area contributed by atoms with Gasteiger partial charge in [0, 0.05) is 29.6 Å². The van der Waals surface area contributed by atoms with Crippen LogP contribution in [0.5, 0.6) is 0 Å². The molecule has 0 aliphatic carbocycles. The summed E-state index contributed by atoms with van der Waals surface area (Å²) in [6, 6.07) is 11.1. The molecule has 1 aromatic heterocycles. The summed E-state index contributed by atoms with van der Waals surface area (Å²) in [7, 11) is 0. The number of nitrogens with zero attached hydrogens (tertiary/aromatic N) is 2. The Morgan fingerprint density at radius 1 is 1.23 bits per heavy atom. The van der Waals surface area contributed by atoms with Crippen LogP contribution in [0, 0.1) is 0 Å². The Balaban J connectivity index is 1.75. The van der Waals surface area contributed by atoms with Crippen molar-refractivity contribution >= 4 is 23.3 Å². The van der Waals surface area contributed by atoms with Crippen LogP contribution < -0.4 is 5.32 Å². The maximum atomic E-state index is 12.6. The molecule has 114 valence electrons. The predicted molar refractivity (Wildman–Crippen MR) is 88.0 cm³/mol. The second kappa shape index (κ2) is 6.79. The third-order valence-corrected chi connectivity index (χ3v) is 4.18. The van der Waals surface area contributed by atoms with Crippen LogP contribution >= 0.6 is 11.6 Å². The van der Waals surface area contributed by atoms with Gasteiger partial charge in [-0.1, -0.05) is 17.7 Å². The number of anilines is 1. The molecule has 1 N–H and O–H groups in total. The first-order valence-corrected chi connectivity index (χ1v) is 7.85. The van der Waals surface area contributed by atoms with Gasteiger partial charge >= 0.3 is 6.03 Å². The second-order valence-corrected chi connectivity index (χ2v) is 5.86. The number of halogens is 1. The highest BCUT2D eigenvalue weighted by Gasteiger charge is 2.28. The van der Waals surface area contributed by atoms with E-state index in [-0.39, 0.29) is 12.1 Å². The lowest BCUT2D eigenvalue weighted by molar-refractivity contribution is 0.163. The second-order valence-electron chi connectivity index (χ2n) is 5.43. The molecule has 1 unspecified atom stereocenters. The van der Waals surface area contributed by atoms with Crippen molar-refractivity contribution in [3.05, 3.63) is 59.4 Å². The number of carbonyl (C=O) groups is 1. The maximum absolute atomic E-state index is 12.6. The molecule has 0 saturated carbocycles. The molecule has 1 aliphatic heterocycles. The molecule has 1 aliphatic rings. The zero-order valence-electron chi connectivity index (χ0n) is 12.2. The van der Waals surface area contributed by atoms with Crippen molar-refractivity contribution in [2.75, 3.05) is 11.9 Å². The average Bonchev–Trinajstić information content (AvgIpc) is 2.58. The number of carbonyl (C=O) groups excluding carboxylic acids is 1. The fourth-order valence-electron chi connectivity index (χ4n) is 2.82. The Morgan fingerprint density at radius 2 is 2.05 bits per heavy atom. The lowest BCUT2D eigenvalue weighted by Gasteiger charge is -2.35. The van der Waals surface area contributed by atoms with Crippen LogP contribution in [-0.4, -0.2) is 22.5 Å². The summed E-state index contributed by atoms with van der Waals surface area (Å²) in [5.74, 6) is 0. The SMILES string of the molecule is O=C(Nc1ccc(Cl)cc1)N1CCCCC1c1cccnc1. The molecule has 2 amide bonds. The molecule has 1 aromatic carbocycles. The first-order chi connectivity index (χ1) is 10.7. The number of hydrogen-bond acceptors (Lipinski definition) is 2. The highest BCUT2D eigenvalue weighted by molar-refractivity contribution is 6.30. The Morgan fingerprint density at radius 3 is 2.77 bits per heavy atom. The van der Waals surface area contributed by atoms with Crippen molar-refractivity contribution in [3.8, 4) is 0 Å². The number of hydrogen-bond donors (Lipinski definition) is 1. The van der Waals surface area contributed by atoms with E-state index in [4.69, 9.17) is 11.6 Å². The van der Waals surface area contributed by atoms with Gasteiger partial charge in [-0.2, -0.15) is 0 Å². The molecule has 1 saturated heterocycles. The maximum Gasteiger partial charge on any atom is 0.322 e. The van der Waals surface area contributed by atoms with E-state index in [1.165, 1.54) is 0 Å². The van der Waals surface area contributed by atoms with Crippen LogP contribution in [0.4, 0.5) is 10.5 Å². The number of aromatic nitrogens is 1. The van der Waals surface area contributed by atoms with Crippen molar-refractivity contribution in [2.45, 2.75) is 25.3 Å². The monoisotopic (exact) mass is 315 g/mol. The Kier molecular flexibility index (Phi) is 4.59. The molecule has 2 aromatic rings. The molecule has 2 heterocycles. The van der Waals surface area contributed by atoms with Crippen LogP contribution in [0.25, 0.3) is 0 Å². The van der Waals surface area contributed by atoms with Crippen molar-refractivity contribution in [2.24, 2.45) is 0 Å². The Labute approximate surface area is 135 Å². The standard InChI is InChI=1S/C17H18ClN3O/c18-14-6-8-15(9-7-14)20-17(22)21-11-2-1-5-16(21)13-4-3-10-19-12-13/h3-4,6-10,12,16H,1-2,5,11H2,(H,20,22). The number of rotatable bonds is 2. The Bertz CT molecular complexity index is 630. The minimum absolute atomic E-state index is 0.0733. The molecule has 1 fully saturated rings. The van der Waals surface area contributed by atoms with E-state index in [0.717, 1.165) is 37.1 Å². The van der Waals surface area contributed by atoms with Gasteiger partial charge in [0.1, 0.15) is 0 Å². The fraction of sp³-hybridized carbons (Fsp3) is 0.294. The summed E-state index contributed by atoms with van der Waals surface area (Å²) in [4.78, 5) is 18.7. The number of amides is 2. The van der Waals surface area contributed by atoms with Gasteiger partial charge in [0.15, 0.2) is 0 Å². The number of benzene rings is 1. The molecule has 3 rings (SSSR count). The molecule has 1 atom stereocenters. The minimum atomic E-state index is -0.0733. The zero-order chi connectivity index (χ0) is 15.4. The molecular formula is C17H18ClN3O. The summed E-state index contributed by atoms with van der Waals surface area (Å²) in [5.41, 5.74) is 1.85. The molecule has 0 bridgehead atoms. The molecular weight excluding hydrogens is 298 g/mol. The van der Waals surface area contributed by atoms with Crippen LogP contribution in [0.2, 0.25) is 5.02 Å². The third kappa shape index (κ3) is 3.39. The van der Waals surface area contributed by atoms with E-state index in [9.17, 15) is 4.79 Å². The first-order valence-electron chi connectivity index (χ1n) is 7.47. The van der Waals surface area contributed by atoms with Gasteiger partial charge in [0.05, 0.1) is 6.04 Å². The third-order valence-electron chi connectivity index (χ3n) is 3.93. The van der Waals surface area contributed by atoms with E-state index in [1.807, 2.05) is 35.4 Å². The summed E-state index contributed by atoms with van der Waals surface area (Å²) in [5, 5.41) is 3.60. The van der Waals surface area contributed by atoms with E-state index in [1.54, 1.807) is 18.3 Å². The summed E-state index contributed by atoms with van der Waals surface area (Å²) < 4.78 is 0. The topological polar surface area (TPSA) is 45.2 Å². The van der Waals surface area contributed by atoms with Gasteiger partial charge in [-0.25, -0.2) is 4.79 Å². The first kappa shape index (κ1) is 14.9. The number of piperidine rings is 1. The average molecular weight is 316 g/mol. The van der Waals surface area contributed by atoms with Crippen LogP contribution in [0.15, 0.2) is 48.8 Å². The molecule has 0 spiro atoms. The van der Waals surface area contributed by atoms with Gasteiger partial charge in [-0.15, -0.1) is 0 Å². The largest absolute Gasteiger partial charge is 0.322 e. The highest BCUT2D eigenvalue weighted by Crippen LogP contribution is 2.31. The minimum Gasteiger partial charge on any atom is -0.317 e. The molecule has 5 heteroatoms. The van der Waals surface area contributed by atoms with Crippen molar-refractivity contribution < 1.29 is 4.79 Å². The summed E-state index contributed by atoms with van der Waals surface area (Å²) in [6.07, 6.45) is 6.73. The van der Waals surface area contributed by atoms with Crippen LogP contribution in [0.1, 0.15) is 30.9 Å². The van der Waals surface area contributed by atoms with Crippen LogP contribution in [0.3, 0.4) is 0 Å². The van der Waals surface area contributed by atoms with Gasteiger partial charge in [-0.3, -0.25) is 4.98 Å². The molecule has 0 radical (unpaired) electrons. The highest BCUT2D eigenvalue weighted by atomic mass is 35.5. The number of likely N-dealkylation sites (tertiary alicyclic amines) is 1. The van der Waals surface area contributed by atoms with Gasteiger partial charge in [0.2, 0.25) is 0 Å². The number of nitrogens with one attached hydrogen (secondary N) is 1. The van der Waals surface area contributed by atoms with Gasteiger partial charge in [0.25, 0.3) is 0 Å². The van der Waals surface area contributed by atoms with E-state index >= 15 is 0 Å². The van der Waals surface area contributed by atoms with Gasteiger partial charge in [-0.05, 0) is 55.2 Å². The summed E-state index contributed by atoms with van der Waals surface area (Å²) in [6.45, 7) is 0.763. The number of urea groups is 1. The lowest BCUT2D eigenvalue weighted by Crippen LogP contribution is -2.41. The van der Waals surface area contributed by atoms with E-state index < -0.39 is 0 Å². The zero-order valence-corrected chi connectivity index (χ0v) is 13.0. The van der Waals surface area contributed by atoms with Crippen molar-refractivity contribution in [3.63, 3.8) is 0 Å². The Hall–Kier alpha value is -2.07. The van der Waals surface area contributed by atoms with Crippen molar-refractivity contribution in [1.29, 1.82) is 0 Å². The van der Waals surface area contributed by atoms with Crippen molar-refractivity contribution in [1.82, 2.24) is 9.88 Å². The van der Waals surface area contributed by atoms with Gasteiger partial charge < -0.3 is 10.2 Å². The molecule has 4 nitrogen and oxygen atoms in total. The predicted octanol–water partition coefficient (Wildman–Crippen LogP) is 4.49. The van der Waals surface area contributed by atoms with Crippen LogP contribution in [-0.2, 0) is 0 Å². The molecule has 22 heavy (non-hydrogen) atoms. The lowest BCUT2D eigenvalue weighted by atomic mass is 9.97.